The normalized spacial score (nSPS) is 15.4. The van der Waals surface area contributed by atoms with Gasteiger partial charge in [0.2, 0.25) is 0 Å². The Morgan fingerprint density at radius 1 is 1.33 bits per heavy atom. The van der Waals surface area contributed by atoms with Gasteiger partial charge in [-0.05, 0) is 55.7 Å². The monoisotopic (exact) mass is 264 g/mol. The lowest BCUT2D eigenvalue weighted by Gasteiger charge is -2.17. The maximum atomic E-state index is 5.34. The Kier molecular flexibility index (Phi) is 4.42. The first-order valence-corrected chi connectivity index (χ1v) is 6.82. The van der Waals surface area contributed by atoms with Crippen LogP contribution in [0.1, 0.15) is 31.2 Å². The average Bonchev–Trinajstić information content (AvgIpc) is 2.84. The topological polar surface area (TPSA) is 33.3 Å². The molecule has 0 aliphatic heterocycles. The first-order valence-electron chi connectivity index (χ1n) is 6.41. The average molecular weight is 264 g/mol. The van der Waals surface area contributed by atoms with E-state index >= 15 is 0 Å². The van der Waals surface area contributed by atoms with Gasteiger partial charge < -0.3 is 15.4 Å². The highest BCUT2D eigenvalue weighted by molar-refractivity contribution is 7.80. The smallest absolute Gasteiger partial charge is 0.171 e. The third kappa shape index (κ3) is 3.35. The molecule has 0 heterocycles. The van der Waals surface area contributed by atoms with E-state index in [1.807, 2.05) is 25.1 Å². The molecule has 1 fully saturated rings. The van der Waals surface area contributed by atoms with Crippen molar-refractivity contribution >= 4 is 23.0 Å². The number of thiocarbonyl (C=S) groups is 1. The second-order valence-corrected chi connectivity index (χ2v) is 5.17. The van der Waals surface area contributed by atoms with Crippen LogP contribution in [0.15, 0.2) is 18.2 Å². The summed E-state index contributed by atoms with van der Waals surface area (Å²) in [5.41, 5.74) is 2.16. The zero-order chi connectivity index (χ0) is 13.0. The molecule has 1 aliphatic carbocycles. The van der Waals surface area contributed by atoms with Crippen molar-refractivity contribution in [3.8, 4) is 5.75 Å². The Morgan fingerprint density at radius 3 is 2.67 bits per heavy atom. The summed E-state index contributed by atoms with van der Waals surface area (Å²) in [4.78, 5) is 0. The lowest BCUT2D eigenvalue weighted by atomic mass is 10.2. The molecule has 0 radical (unpaired) electrons. The molecule has 0 atom stereocenters. The van der Waals surface area contributed by atoms with Crippen molar-refractivity contribution in [3.05, 3.63) is 23.8 Å². The van der Waals surface area contributed by atoms with Gasteiger partial charge in [-0.1, -0.05) is 12.8 Å². The summed E-state index contributed by atoms with van der Waals surface area (Å²) in [6, 6.07) is 6.48. The van der Waals surface area contributed by atoms with Crippen LogP contribution in [-0.2, 0) is 0 Å². The summed E-state index contributed by atoms with van der Waals surface area (Å²) in [5, 5.41) is 7.34. The summed E-state index contributed by atoms with van der Waals surface area (Å²) in [6.45, 7) is 2.04. The molecule has 4 heteroatoms. The van der Waals surface area contributed by atoms with E-state index in [-0.39, 0.29) is 0 Å². The summed E-state index contributed by atoms with van der Waals surface area (Å²) in [5.74, 6) is 0.868. The molecule has 0 unspecified atom stereocenters. The molecule has 3 nitrogen and oxygen atoms in total. The summed E-state index contributed by atoms with van der Waals surface area (Å²) in [7, 11) is 1.67. The van der Waals surface area contributed by atoms with E-state index in [0.717, 1.165) is 22.1 Å². The second-order valence-electron chi connectivity index (χ2n) is 4.76. The van der Waals surface area contributed by atoms with Crippen molar-refractivity contribution in [2.75, 3.05) is 12.4 Å². The highest BCUT2D eigenvalue weighted by atomic mass is 32.1. The van der Waals surface area contributed by atoms with Gasteiger partial charge in [-0.3, -0.25) is 0 Å². The fraction of sp³-hybridized carbons (Fsp3) is 0.500. The number of aryl methyl sites for hydroxylation is 1. The first kappa shape index (κ1) is 13.1. The summed E-state index contributed by atoms with van der Waals surface area (Å²) >= 11 is 5.34. The zero-order valence-corrected chi connectivity index (χ0v) is 11.8. The zero-order valence-electron chi connectivity index (χ0n) is 11.0. The van der Waals surface area contributed by atoms with Crippen molar-refractivity contribution in [2.24, 2.45) is 0 Å². The molecule has 1 aliphatic rings. The van der Waals surface area contributed by atoms with Crippen molar-refractivity contribution in [2.45, 2.75) is 38.6 Å². The van der Waals surface area contributed by atoms with Crippen LogP contribution in [0.25, 0.3) is 0 Å². The molecule has 1 aromatic rings. The van der Waals surface area contributed by atoms with Crippen LogP contribution in [0.5, 0.6) is 5.75 Å². The van der Waals surface area contributed by atoms with E-state index < -0.39 is 0 Å². The van der Waals surface area contributed by atoms with Crippen molar-refractivity contribution < 1.29 is 4.74 Å². The predicted octanol–water partition coefficient (Wildman–Crippen LogP) is 3.23. The fourth-order valence-electron chi connectivity index (χ4n) is 2.32. The summed E-state index contributed by atoms with van der Waals surface area (Å²) in [6.07, 6.45) is 5.07. The van der Waals surface area contributed by atoms with E-state index in [2.05, 4.69) is 10.6 Å². The molecule has 18 heavy (non-hydrogen) atoms. The predicted molar refractivity (Wildman–Crippen MR) is 79.3 cm³/mol. The molecular formula is C14H20N2OS. The third-order valence-corrected chi connectivity index (χ3v) is 3.59. The minimum absolute atomic E-state index is 0.545. The second kappa shape index (κ2) is 6.05. The Bertz CT molecular complexity index is 428. The van der Waals surface area contributed by atoms with Crippen LogP contribution >= 0.6 is 12.2 Å². The molecule has 0 aromatic heterocycles. The number of methoxy groups -OCH3 is 1. The van der Waals surface area contributed by atoms with Gasteiger partial charge in [0.05, 0.1) is 7.11 Å². The van der Waals surface area contributed by atoms with Crippen LogP contribution in [0.2, 0.25) is 0 Å². The van der Waals surface area contributed by atoms with Crippen molar-refractivity contribution in [3.63, 3.8) is 0 Å². The Morgan fingerprint density at radius 2 is 2.06 bits per heavy atom. The van der Waals surface area contributed by atoms with Crippen LogP contribution in [0.4, 0.5) is 5.69 Å². The van der Waals surface area contributed by atoms with Crippen LogP contribution in [0.3, 0.4) is 0 Å². The Hall–Kier alpha value is -1.29. The molecule has 1 saturated carbocycles. The van der Waals surface area contributed by atoms with Gasteiger partial charge in [-0.15, -0.1) is 0 Å². The minimum atomic E-state index is 0.545. The number of anilines is 1. The quantitative estimate of drug-likeness (QED) is 0.821. The van der Waals surface area contributed by atoms with E-state index in [9.17, 15) is 0 Å². The molecule has 0 spiro atoms. The number of ether oxygens (including phenoxy) is 1. The molecule has 98 valence electrons. The lowest BCUT2D eigenvalue weighted by molar-refractivity contribution is 0.414. The summed E-state index contributed by atoms with van der Waals surface area (Å²) < 4.78 is 5.19. The van der Waals surface area contributed by atoms with Gasteiger partial charge in [0.15, 0.2) is 5.11 Å². The van der Waals surface area contributed by atoms with Gasteiger partial charge in [0.25, 0.3) is 0 Å². The molecule has 0 bridgehead atoms. The van der Waals surface area contributed by atoms with Crippen molar-refractivity contribution in [1.29, 1.82) is 0 Å². The third-order valence-electron chi connectivity index (χ3n) is 3.37. The van der Waals surface area contributed by atoms with Gasteiger partial charge >= 0.3 is 0 Å². The van der Waals surface area contributed by atoms with Gasteiger partial charge in [-0.2, -0.15) is 0 Å². The van der Waals surface area contributed by atoms with E-state index in [0.29, 0.717) is 6.04 Å². The Balaban J connectivity index is 1.93. The van der Waals surface area contributed by atoms with Gasteiger partial charge in [0.1, 0.15) is 5.75 Å². The molecule has 2 N–H and O–H groups in total. The van der Waals surface area contributed by atoms with E-state index in [4.69, 9.17) is 17.0 Å². The van der Waals surface area contributed by atoms with Gasteiger partial charge in [0, 0.05) is 11.7 Å². The SMILES string of the molecule is COc1ccc(NC(=S)NC2CCCC2)c(C)c1. The van der Waals surface area contributed by atoms with Gasteiger partial charge in [-0.25, -0.2) is 0 Å². The largest absolute Gasteiger partial charge is 0.497 e. The highest BCUT2D eigenvalue weighted by Crippen LogP contribution is 2.21. The van der Waals surface area contributed by atoms with E-state index in [1.54, 1.807) is 7.11 Å². The molecule has 0 saturated heterocycles. The first-order chi connectivity index (χ1) is 8.69. The maximum absolute atomic E-state index is 5.34. The number of benzene rings is 1. The van der Waals surface area contributed by atoms with E-state index in [1.165, 1.54) is 25.7 Å². The van der Waals surface area contributed by atoms with Crippen LogP contribution < -0.4 is 15.4 Å². The highest BCUT2D eigenvalue weighted by Gasteiger charge is 2.15. The number of nitrogens with one attached hydrogen (secondary N) is 2. The van der Waals surface area contributed by atoms with Crippen LogP contribution in [0, 0.1) is 6.92 Å². The fourth-order valence-corrected chi connectivity index (χ4v) is 2.59. The molecular weight excluding hydrogens is 244 g/mol. The minimum Gasteiger partial charge on any atom is -0.497 e. The maximum Gasteiger partial charge on any atom is 0.171 e. The number of hydrogen-bond donors (Lipinski definition) is 2. The number of hydrogen-bond acceptors (Lipinski definition) is 2. The van der Waals surface area contributed by atoms with Crippen molar-refractivity contribution in [1.82, 2.24) is 5.32 Å². The molecule has 1 aromatic carbocycles. The molecule has 2 rings (SSSR count). The van der Waals surface area contributed by atoms with Crippen LogP contribution in [-0.4, -0.2) is 18.3 Å². The Labute approximate surface area is 114 Å². The lowest BCUT2D eigenvalue weighted by Crippen LogP contribution is -2.36. The standard InChI is InChI=1S/C14H20N2OS/c1-10-9-12(17-2)7-8-13(10)16-14(18)15-11-5-3-4-6-11/h7-9,11H,3-6H2,1-2H3,(H2,15,16,18). The number of rotatable bonds is 3. The molecule has 0 amide bonds.